The van der Waals surface area contributed by atoms with Crippen LogP contribution in [0.15, 0.2) is 60.7 Å². The zero-order chi connectivity index (χ0) is 24.6. The Kier molecular flexibility index (Phi) is 8.71. The normalized spacial score (nSPS) is 16.3. The number of Topliss-reactive ketones (excluding diaryl/α,β-unsaturated/α-hetero) is 1. The van der Waals surface area contributed by atoms with Crippen LogP contribution in [-0.4, -0.2) is 53.8 Å². The molecule has 1 aliphatic rings. The SMILES string of the molecule is CCNC(=O)[N+]1(C(=O)[C@@H](C)CC(=O)[C@@H](Cc2ccccc2)NC(=O)c2ccccc2)CCCC1. The first-order chi connectivity index (χ1) is 16.4. The van der Waals surface area contributed by atoms with E-state index in [0.717, 1.165) is 18.4 Å². The Balaban J connectivity index is 1.76. The number of quaternary nitrogens is 1. The molecule has 4 amide bonds. The van der Waals surface area contributed by atoms with Crippen LogP contribution in [0.25, 0.3) is 0 Å². The van der Waals surface area contributed by atoms with Crippen LogP contribution in [0.2, 0.25) is 0 Å². The molecule has 2 atom stereocenters. The number of hydrogen-bond donors (Lipinski definition) is 2. The van der Waals surface area contributed by atoms with Crippen LogP contribution in [0, 0.1) is 5.92 Å². The molecule has 0 bridgehead atoms. The Bertz CT molecular complexity index is 1000. The summed E-state index contributed by atoms with van der Waals surface area (Å²) < 4.78 is -0.248. The standard InChI is InChI=1S/C27H33N3O4/c1-3-28-27(34)30(16-10-11-17-30)26(33)20(2)18-24(31)23(19-21-12-6-4-7-13-21)29-25(32)22-14-8-5-9-15-22/h4-9,12-15,20,23H,3,10-11,16-19H2,1-2H3,(H-,28,29,32,34)/p+1/t20-,23+/m0/s1. The Hall–Kier alpha value is -3.32. The first-order valence-electron chi connectivity index (χ1n) is 12.0. The minimum atomic E-state index is -0.776. The van der Waals surface area contributed by atoms with Crippen molar-refractivity contribution in [3.8, 4) is 0 Å². The Labute approximate surface area is 201 Å². The maximum absolute atomic E-state index is 13.4. The van der Waals surface area contributed by atoms with Gasteiger partial charge in [-0.2, -0.15) is 4.48 Å². The number of imide groups is 1. The summed E-state index contributed by atoms with van der Waals surface area (Å²) in [5, 5.41) is 5.65. The van der Waals surface area contributed by atoms with Gasteiger partial charge in [0.1, 0.15) is 0 Å². The highest BCUT2D eigenvalue weighted by molar-refractivity contribution is 5.98. The number of rotatable bonds is 9. The molecule has 2 aromatic rings. The summed E-state index contributed by atoms with van der Waals surface area (Å²) in [6.07, 6.45) is 1.89. The number of carbonyl (C=O) groups is 4. The summed E-state index contributed by atoms with van der Waals surface area (Å²) in [5.41, 5.74) is 1.38. The molecule has 0 spiro atoms. The summed E-state index contributed by atoms with van der Waals surface area (Å²) in [4.78, 5) is 52.4. The molecule has 0 saturated carbocycles. The predicted octanol–water partition coefficient (Wildman–Crippen LogP) is 3.49. The average molecular weight is 465 g/mol. The fraction of sp³-hybridized carbons (Fsp3) is 0.407. The quantitative estimate of drug-likeness (QED) is 0.556. The van der Waals surface area contributed by atoms with Crippen molar-refractivity contribution in [2.24, 2.45) is 5.92 Å². The molecule has 2 aromatic carbocycles. The number of urea groups is 1. The second kappa shape index (κ2) is 11.7. The van der Waals surface area contributed by atoms with Gasteiger partial charge in [-0.15, -0.1) is 0 Å². The van der Waals surface area contributed by atoms with Gasteiger partial charge in [0.15, 0.2) is 5.78 Å². The van der Waals surface area contributed by atoms with Crippen molar-refractivity contribution in [3.63, 3.8) is 0 Å². The van der Waals surface area contributed by atoms with E-state index in [-0.39, 0.29) is 34.5 Å². The van der Waals surface area contributed by atoms with Crippen LogP contribution in [0.5, 0.6) is 0 Å². The van der Waals surface area contributed by atoms with Crippen molar-refractivity contribution in [1.29, 1.82) is 0 Å². The summed E-state index contributed by atoms with van der Waals surface area (Å²) in [7, 11) is 0. The van der Waals surface area contributed by atoms with Crippen molar-refractivity contribution in [2.75, 3.05) is 19.6 Å². The lowest BCUT2D eigenvalue weighted by atomic mass is 9.94. The van der Waals surface area contributed by atoms with E-state index in [9.17, 15) is 19.2 Å². The molecule has 0 aromatic heterocycles. The number of hydrogen-bond acceptors (Lipinski definition) is 4. The molecule has 34 heavy (non-hydrogen) atoms. The molecule has 180 valence electrons. The second-order valence-electron chi connectivity index (χ2n) is 8.95. The summed E-state index contributed by atoms with van der Waals surface area (Å²) in [6.45, 7) is 4.90. The number of amides is 4. The largest absolute Gasteiger partial charge is 0.424 e. The number of ketones is 1. The molecule has 0 radical (unpaired) electrons. The molecule has 7 heteroatoms. The van der Waals surface area contributed by atoms with E-state index in [4.69, 9.17) is 0 Å². The van der Waals surface area contributed by atoms with Crippen molar-refractivity contribution in [1.82, 2.24) is 10.6 Å². The molecule has 1 saturated heterocycles. The molecule has 7 nitrogen and oxygen atoms in total. The molecule has 0 aliphatic carbocycles. The van der Waals surface area contributed by atoms with Gasteiger partial charge >= 0.3 is 11.9 Å². The van der Waals surface area contributed by atoms with Gasteiger partial charge in [0.25, 0.3) is 5.91 Å². The van der Waals surface area contributed by atoms with Gasteiger partial charge in [-0.05, 0) is 38.0 Å². The third-order valence-electron chi connectivity index (χ3n) is 6.41. The van der Waals surface area contributed by atoms with E-state index in [2.05, 4.69) is 10.6 Å². The van der Waals surface area contributed by atoms with Crippen LogP contribution < -0.4 is 10.6 Å². The number of nitrogens with one attached hydrogen (secondary N) is 2. The van der Waals surface area contributed by atoms with Crippen LogP contribution in [0.3, 0.4) is 0 Å². The monoisotopic (exact) mass is 464 g/mol. The van der Waals surface area contributed by atoms with E-state index in [0.29, 0.717) is 31.6 Å². The third-order valence-corrected chi connectivity index (χ3v) is 6.41. The lowest BCUT2D eigenvalue weighted by Crippen LogP contribution is -2.61. The second-order valence-corrected chi connectivity index (χ2v) is 8.95. The van der Waals surface area contributed by atoms with E-state index in [1.54, 1.807) is 31.2 Å². The predicted molar refractivity (Wildman–Crippen MR) is 130 cm³/mol. The molecular weight excluding hydrogens is 430 g/mol. The lowest BCUT2D eigenvalue weighted by Gasteiger charge is -2.30. The van der Waals surface area contributed by atoms with Crippen molar-refractivity contribution in [2.45, 2.75) is 45.6 Å². The smallest absolute Gasteiger partial charge is 0.342 e. The summed E-state index contributed by atoms with van der Waals surface area (Å²) in [5.74, 6) is -1.42. The van der Waals surface area contributed by atoms with Gasteiger partial charge in [-0.1, -0.05) is 48.5 Å². The number of carbonyl (C=O) groups excluding carboxylic acids is 4. The van der Waals surface area contributed by atoms with Crippen LogP contribution in [0.4, 0.5) is 4.79 Å². The van der Waals surface area contributed by atoms with Crippen molar-refractivity contribution in [3.05, 3.63) is 71.8 Å². The average Bonchev–Trinajstić information content (AvgIpc) is 3.35. The molecule has 1 fully saturated rings. The third kappa shape index (κ3) is 5.97. The molecule has 1 aliphatic heterocycles. The molecular formula is C27H34N3O4+. The van der Waals surface area contributed by atoms with Crippen LogP contribution in [0.1, 0.15) is 49.0 Å². The van der Waals surface area contributed by atoms with E-state index in [1.807, 2.05) is 43.3 Å². The fourth-order valence-corrected chi connectivity index (χ4v) is 4.58. The molecule has 3 rings (SSSR count). The molecule has 0 unspecified atom stereocenters. The highest BCUT2D eigenvalue weighted by atomic mass is 16.2. The van der Waals surface area contributed by atoms with Gasteiger partial charge < -0.3 is 10.6 Å². The van der Waals surface area contributed by atoms with Crippen molar-refractivity contribution >= 4 is 23.6 Å². The highest BCUT2D eigenvalue weighted by Crippen LogP contribution is 2.25. The Morgan fingerprint density at radius 1 is 0.912 bits per heavy atom. The Morgan fingerprint density at radius 3 is 2.09 bits per heavy atom. The lowest BCUT2D eigenvalue weighted by molar-refractivity contribution is -0.762. The zero-order valence-corrected chi connectivity index (χ0v) is 20.0. The topological polar surface area (TPSA) is 92.3 Å². The van der Waals surface area contributed by atoms with E-state index >= 15 is 0 Å². The molecule has 2 N–H and O–H groups in total. The summed E-state index contributed by atoms with van der Waals surface area (Å²) >= 11 is 0. The Morgan fingerprint density at radius 2 is 1.50 bits per heavy atom. The summed E-state index contributed by atoms with van der Waals surface area (Å²) in [6, 6.07) is 17.2. The minimum Gasteiger partial charge on any atom is -0.342 e. The fourth-order valence-electron chi connectivity index (χ4n) is 4.58. The first-order valence-corrected chi connectivity index (χ1v) is 12.0. The van der Waals surface area contributed by atoms with Gasteiger partial charge in [0.2, 0.25) is 0 Å². The van der Waals surface area contributed by atoms with Gasteiger partial charge in [0.05, 0.1) is 25.0 Å². The van der Waals surface area contributed by atoms with E-state index < -0.39 is 12.0 Å². The van der Waals surface area contributed by atoms with Gasteiger partial charge in [0, 0.05) is 31.4 Å². The maximum Gasteiger partial charge on any atom is 0.424 e. The first kappa shape index (κ1) is 25.3. The van der Waals surface area contributed by atoms with Gasteiger partial charge in [-0.25, -0.2) is 9.59 Å². The van der Waals surface area contributed by atoms with Crippen LogP contribution in [-0.2, 0) is 16.0 Å². The van der Waals surface area contributed by atoms with E-state index in [1.165, 1.54) is 0 Å². The number of nitrogens with zero attached hydrogens (tertiary/aromatic N) is 1. The van der Waals surface area contributed by atoms with Crippen molar-refractivity contribution < 1.29 is 23.7 Å². The minimum absolute atomic E-state index is 0.0369. The molecule has 1 heterocycles. The number of likely N-dealkylation sites (tertiary alicyclic amines) is 1. The maximum atomic E-state index is 13.4. The zero-order valence-electron chi connectivity index (χ0n) is 20.0. The van der Waals surface area contributed by atoms with Crippen LogP contribution >= 0.6 is 0 Å². The number of benzene rings is 2. The highest BCUT2D eigenvalue weighted by Gasteiger charge is 2.49. The van der Waals surface area contributed by atoms with Gasteiger partial charge in [-0.3, -0.25) is 9.59 Å².